The molecule has 0 atom stereocenters. The molecule has 0 saturated heterocycles. The number of fused-ring (bicyclic) bond motifs is 1. The number of anilines is 2. The number of amides is 1. The van der Waals surface area contributed by atoms with Crippen LogP contribution >= 0.6 is 0 Å². The van der Waals surface area contributed by atoms with Gasteiger partial charge < -0.3 is 20.1 Å². The van der Waals surface area contributed by atoms with Crippen LogP contribution in [0.1, 0.15) is 23.3 Å². The van der Waals surface area contributed by atoms with Crippen LogP contribution in [0.3, 0.4) is 0 Å². The molecule has 112 valence electrons. The molecule has 1 amide bonds. The Kier molecular flexibility index (Phi) is 3.07. The largest absolute Gasteiger partial charge is 0.454 e. The van der Waals surface area contributed by atoms with E-state index in [1.165, 1.54) is 12.8 Å². The molecule has 2 N–H and O–H groups in total. The van der Waals surface area contributed by atoms with E-state index in [-0.39, 0.29) is 12.7 Å². The topological polar surface area (TPSA) is 72.5 Å². The summed E-state index contributed by atoms with van der Waals surface area (Å²) in [5, 5.41) is 6.14. The van der Waals surface area contributed by atoms with Crippen molar-refractivity contribution in [3.63, 3.8) is 0 Å². The van der Waals surface area contributed by atoms with Crippen molar-refractivity contribution in [2.24, 2.45) is 0 Å². The number of hydrogen-bond donors (Lipinski definition) is 2. The van der Waals surface area contributed by atoms with Gasteiger partial charge in [-0.05, 0) is 37.1 Å². The standard InChI is InChI=1S/C16H15N3O3/c20-16(13-5-3-12(8-17-13)18-10-1-2-10)19-11-4-6-14-15(7-11)22-9-21-14/h3-8,10,18H,1-2,9H2,(H,19,20). The summed E-state index contributed by atoms with van der Waals surface area (Å²) in [4.78, 5) is 16.4. The molecule has 4 rings (SSSR count). The molecule has 2 heterocycles. The summed E-state index contributed by atoms with van der Waals surface area (Å²) < 4.78 is 10.5. The zero-order chi connectivity index (χ0) is 14.9. The number of carbonyl (C=O) groups is 1. The van der Waals surface area contributed by atoms with Crippen LogP contribution in [0.25, 0.3) is 0 Å². The Morgan fingerprint density at radius 3 is 2.68 bits per heavy atom. The van der Waals surface area contributed by atoms with E-state index in [0.717, 1.165) is 5.69 Å². The van der Waals surface area contributed by atoms with Crippen LogP contribution in [0.15, 0.2) is 36.5 Å². The van der Waals surface area contributed by atoms with E-state index >= 15 is 0 Å². The van der Waals surface area contributed by atoms with Crippen LogP contribution < -0.4 is 20.1 Å². The number of nitrogens with one attached hydrogen (secondary N) is 2. The molecule has 0 spiro atoms. The molecule has 1 aliphatic heterocycles. The predicted molar refractivity (Wildman–Crippen MR) is 81.4 cm³/mol. The van der Waals surface area contributed by atoms with Gasteiger partial charge in [-0.1, -0.05) is 0 Å². The summed E-state index contributed by atoms with van der Waals surface area (Å²) in [6.07, 6.45) is 4.09. The van der Waals surface area contributed by atoms with Crippen LogP contribution in [0.2, 0.25) is 0 Å². The number of benzene rings is 1. The molecule has 22 heavy (non-hydrogen) atoms. The zero-order valence-corrected chi connectivity index (χ0v) is 11.8. The van der Waals surface area contributed by atoms with Crippen molar-refractivity contribution in [1.82, 2.24) is 4.98 Å². The van der Waals surface area contributed by atoms with Crippen LogP contribution in [-0.2, 0) is 0 Å². The summed E-state index contributed by atoms with van der Waals surface area (Å²) in [6, 6.07) is 9.44. The van der Waals surface area contributed by atoms with E-state index < -0.39 is 0 Å². The SMILES string of the molecule is O=C(Nc1ccc2c(c1)OCO2)c1ccc(NC2CC2)cn1. The number of carbonyl (C=O) groups excluding carboxylic acids is 1. The predicted octanol–water partition coefficient (Wildman–Crippen LogP) is 2.64. The average Bonchev–Trinajstić information content (AvgIpc) is 3.22. The quantitative estimate of drug-likeness (QED) is 0.907. The van der Waals surface area contributed by atoms with Gasteiger partial charge in [-0.25, -0.2) is 4.98 Å². The fourth-order valence-corrected chi connectivity index (χ4v) is 2.25. The Hall–Kier alpha value is -2.76. The summed E-state index contributed by atoms with van der Waals surface area (Å²) in [6.45, 7) is 0.212. The molecule has 1 fully saturated rings. The molecule has 1 saturated carbocycles. The third kappa shape index (κ3) is 2.67. The normalized spacial score (nSPS) is 15.5. The van der Waals surface area contributed by atoms with Crippen molar-refractivity contribution in [3.05, 3.63) is 42.2 Å². The van der Waals surface area contributed by atoms with Gasteiger partial charge in [0.2, 0.25) is 6.79 Å². The van der Waals surface area contributed by atoms with Crippen molar-refractivity contribution < 1.29 is 14.3 Å². The maximum Gasteiger partial charge on any atom is 0.274 e. The maximum atomic E-state index is 12.2. The molecule has 1 aliphatic carbocycles. The average molecular weight is 297 g/mol. The summed E-state index contributed by atoms with van der Waals surface area (Å²) >= 11 is 0. The van der Waals surface area contributed by atoms with Gasteiger partial charge in [0.05, 0.1) is 11.9 Å². The van der Waals surface area contributed by atoms with E-state index in [4.69, 9.17) is 9.47 Å². The second-order valence-electron chi connectivity index (χ2n) is 5.37. The highest BCUT2D eigenvalue weighted by atomic mass is 16.7. The van der Waals surface area contributed by atoms with Gasteiger partial charge in [0.15, 0.2) is 11.5 Å². The van der Waals surface area contributed by atoms with E-state index in [0.29, 0.717) is 28.9 Å². The molecule has 2 aliphatic rings. The van der Waals surface area contributed by atoms with Gasteiger partial charge in [-0.2, -0.15) is 0 Å². The summed E-state index contributed by atoms with van der Waals surface area (Å²) in [5.41, 5.74) is 1.97. The lowest BCUT2D eigenvalue weighted by Gasteiger charge is -2.07. The van der Waals surface area contributed by atoms with Crippen LogP contribution in [0, 0.1) is 0 Å². The highest BCUT2D eigenvalue weighted by Crippen LogP contribution is 2.34. The minimum Gasteiger partial charge on any atom is -0.454 e. The molecule has 1 aromatic carbocycles. The molecule has 0 radical (unpaired) electrons. The number of rotatable bonds is 4. The van der Waals surface area contributed by atoms with Crippen LogP contribution in [0.5, 0.6) is 11.5 Å². The zero-order valence-electron chi connectivity index (χ0n) is 11.8. The van der Waals surface area contributed by atoms with Gasteiger partial charge in [-0.3, -0.25) is 4.79 Å². The maximum absolute atomic E-state index is 12.2. The van der Waals surface area contributed by atoms with Gasteiger partial charge >= 0.3 is 0 Å². The Morgan fingerprint density at radius 1 is 1.09 bits per heavy atom. The Bertz CT molecular complexity index is 711. The van der Waals surface area contributed by atoms with E-state index in [2.05, 4.69) is 15.6 Å². The Morgan fingerprint density at radius 2 is 1.91 bits per heavy atom. The van der Waals surface area contributed by atoms with Gasteiger partial charge in [0.25, 0.3) is 5.91 Å². The minimum absolute atomic E-state index is 0.212. The molecule has 0 bridgehead atoms. The van der Waals surface area contributed by atoms with Crippen molar-refractivity contribution in [2.45, 2.75) is 18.9 Å². The van der Waals surface area contributed by atoms with E-state index in [1.54, 1.807) is 30.5 Å². The summed E-state index contributed by atoms with van der Waals surface area (Å²) in [5.74, 6) is 1.07. The smallest absolute Gasteiger partial charge is 0.274 e. The lowest BCUT2D eigenvalue weighted by atomic mass is 10.2. The Labute approximate surface area is 127 Å². The molecule has 2 aromatic rings. The first-order valence-electron chi connectivity index (χ1n) is 7.21. The van der Waals surface area contributed by atoms with Crippen molar-refractivity contribution in [2.75, 3.05) is 17.4 Å². The number of ether oxygens (including phenoxy) is 2. The second-order valence-corrected chi connectivity index (χ2v) is 5.37. The molecule has 0 unspecified atom stereocenters. The third-order valence-electron chi connectivity index (χ3n) is 3.57. The minimum atomic E-state index is -0.253. The fourth-order valence-electron chi connectivity index (χ4n) is 2.25. The third-order valence-corrected chi connectivity index (χ3v) is 3.57. The second kappa shape index (κ2) is 5.22. The van der Waals surface area contributed by atoms with Crippen LogP contribution in [0.4, 0.5) is 11.4 Å². The first kappa shape index (κ1) is 12.9. The number of hydrogen-bond acceptors (Lipinski definition) is 5. The number of nitrogens with zero attached hydrogens (tertiary/aromatic N) is 1. The van der Waals surface area contributed by atoms with Gasteiger partial charge in [0.1, 0.15) is 5.69 Å². The van der Waals surface area contributed by atoms with Crippen molar-refractivity contribution in [3.8, 4) is 11.5 Å². The van der Waals surface area contributed by atoms with E-state index in [9.17, 15) is 4.79 Å². The molecule has 1 aromatic heterocycles. The lowest BCUT2D eigenvalue weighted by Crippen LogP contribution is -2.13. The van der Waals surface area contributed by atoms with Gasteiger partial charge in [0, 0.05) is 17.8 Å². The van der Waals surface area contributed by atoms with Gasteiger partial charge in [-0.15, -0.1) is 0 Å². The first-order valence-corrected chi connectivity index (χ1v) is 7.21. The number of aromatic nitrogens is 1. The molecule has 6 nitrogen and oxygen atoms in total. The fraction of sp³-hybridized carbons (Fsp3) is 0.250. The lowest BCUT2D eigenvalue weighted by molar-refractivity contribution is 0.102. The summed E-state index contributed by atoms with van der Waals surface area (Å²) in [7, 11) is 0. The highest BCUT2D eigenvalue weighted by molar-refractivity contribution is 6.03. The first-order chi connectivity index (χ1) is 10.8. The van der Waals surface area contributed by atoms with E-state index in [1.807, 2.05) is 6.07 Å². The van der Waals surface area contributed by atoms with Crippen molar-refractivity contribution in [1.29, 1.82) is 0 Å². The highest BCUT2D eigenvalue weighted by Gasteiger charge is 2.21. The molecule has 6 heteroatoms. The van der Waals surface area contributed by atoms with Crippen molar-refractivity contribution >= 4 is 17.3 Å². The molecular weight excluding hydrogens is 282 g/mol. The monoisotopic (exact) mass is 297 g/mol. The molecular formula is C16H15N3O3. The van der Waals surface area contributed by atoms with Crippen LogP contribution in [-0.4, -0.2) is 23.7 Å². The Balaban J connectivity index is 1.44. The number of pyridine rings is 1.